The average molecular weight is 374 g/mol. The fourth-order valence-corrected chi connectivity index (χ4v) is 3.57. The largest absolute Gasteiger partial charge is 0.481 e. The molecule has 3 heterocycles. The van der Waals surface area contributed by atoms with Crippen LogP contribution in [-0.2, 0) is 16.0 Å². The quantitative estimate of drug-likeness (QED) is 0.890. The van der Waals surface area contributed by atoms with Gasteiger partial charge in [0.2, 0.25) is 5.91 Å². The van der Waals surface area contributed by atoms with Crippen molar-refractivity contribution in [3.05, 3.63) is 29.7 Å². The number of carboxylic acid groups (broad SMARTS) is 1. The van der Waals surface area contributed by atoms with Crippen molar-refractivity contribution in [2.24, 2.45) is 11.8 Å². The lowest BCUT2D eigenvalue weighted by Gasteiger charge is -2.18. The van der Waals surface area contributed by atoms with Gasteiger partial charge in [0.1, 0.15) is 11.3 Å². The number of furan rings is 1. The lowest BCUT2D eigenvalue weighted by Crippen LogP contribution is -2.34. The van der Waals surface area contributed by atoms with Crippen molar-refractivity contribution in [1.82, 2.24) is 9.88 Å². The number of alkyl halides is 3. The molecular weight excluding hydrogens is 361 g/mol. The van der Waals surface area contributed by atoms with Crippen LogP contribution in [0.15, 0.2) is 28.4 Å². The van der Waals surface area contributed by atoms with Crippen LogP contribution in [0.25, 0.3) is 10.6 Å². The number of amides is 1. The Balaban J connectivity index is 1.69. The van der Waals surface area contributed by atoms with E-state index in [-0.39, 0.29) is 6.42 Å². The van der Waals surface area contributed by atoms with Gasteiger partial charge in [-0.05, 0) is 6.07 Å². The molecule has 6 nitrogen and oxygen atoms in total. The van der Waals surface area contributed by atoms with Crippen molar-refractivity contribution < 1.29 is 32.3 Å². The van der Waals surface area contributed by atoms with Gasteiger partial charge in [-0.25, -0.2) is 4.98 Å². The van der Waals surface area contributed by atoms with Crippen molar-refractivity contribution in [1.29, 1.82) is 0 Å². The van der Waals surface area contributed by atoms with Crippen LogP contribution in [0.1, 0.15) is 5.69 Å². The molecule has 0 saturated carbocycles. The van der Waals surface area contributed by atoms with E-state index in [1.165, 1.54) is 23.9 Å². The number of aliphatic carboxylic acids is 1. The molecule has 1 saturated heterocycles. The minimum absolute atomic E-state index is 0.175. The Bertz CT molecular complexity index is 772. The van der Waals surface area contributed by atoms with E-state index in [2.05, 4.69) is 4.98 Å². The van der Waals surface area contributed by atoms with Crippen LogP contribution in [0, 0.1) is 11.8 Å². The highest BCUT2D eigenvalue weighted by atomic mass is 32.1. The number of hydrogen-bond donors (Lipinski definition) is 1. The molecule has 0 aliphatic carbocycles. The first kappa shape index (κ1) is 17.5. The van der Waals surface area contributed by atoms with Crippen LogP contribution in [-0.4, -0.2) is 46.1 Å². The topological polar surface area (TPSA) is 83.6 Å². The summed E-state index contributed by atoms with van der Waals surface area (Å²) in [5, 5.41) is 11.3. The summed E-state index contributed by atoms with van der Waals surface area (Å²) in [5.41, 5.74) is 1.17. The Kier molecular flexibility index (Phi) is 4.55. The first-order valence-corrected chi connectivity index (χ1v) is 8.18. The lowest BCUT2D eigenvalue weighted by atomic mass is 9.96. The zero-order chi connectivity index (χ0) is 18.2. The first-order valence-electron chi connectivity index (χ1n) is 7.30. The number of aromatic nitrogens is 1. The van der Waals surface area contributed by atoms with E-state index >= 15 is 0 Å². The van der Waals surface area contributed by atoms with Gasteiger partial charge in [-0.15, -0.1) is 11.3 Å². The highest BCUT2D eigenvalue weighted by Crippen LogP contribution is 2.38. The maximum Gasteiger partial charge on any atom is 0.394 e. The zero-order valence-electron chi connectivity index (χ0n) is 12.7. The molecule has 10 heteroatoms. The summed E-state index contributed by atoms with van der Waals surface area (Å²) in [7, 11) is 0. The molecule has 0 bridgehead atoms. The number of thiazole rings is 1. The van der Waals surface area contributed by atoms with Crippen molar-refractivity contribution in [2.45, 2.75) is 12.6 Å². The van der Waals surface area contributed by atoms with E-state index in [0.717, 1.165) is 10.5 Å². The van der Waals surface area contributed by atoms with Gasteiger partial charge in [0.25, 0.3) is 0 Å². The summed E-state index contributed by atoms with van der Waals surface area (Å²) >= 11 is 1.29. The van der Waals surface area contributed by atoms with E-state index in [9.17, 15) is 22.8 Å². The second-order valence-electron chi connectivity index (χ2n) is 5.72. The van der Waals surface area contributed by atoms with Gasteiger partial charge in [-0.3, -0.25) is 9.59 Å². The number of likely N-dealkylation sites (tertiary alicyclic amines) is 1. The second kappa shape index (κ2) is 6.51. The monoisotopic (exact) mass is 374 g/mol. The summed E-state index contributed by atoms with van der Waals surface area (Å²) in [5.74, 6) is -5.80. The van der Waals surface area contributed by atoms with Crippen LogP contribution in [0.4, 0.5) is 13.2 Å². The summed E-state index contributed by atoms with van der Waals surface area (Å²) in [6.07, 6.45) is -1.86. The molecule has 1 fully saturated rings. The molecule has 1 aliphatic rings. The molecule has 2 aromatic rings. The van der Waals surface area contributed by atoms with E-state index in [1.54, 1.807) is 11.4 Å². The van der Waals surface area contributed by atoms with Gasteiger partial charge in [-0.1, -0.05) is 0 Å². The number of carbonyl (C=O) groups excluding carboxylic acids is 1. The van der Waals surface area contributed by atoms with E-state index in [0.29, 0.717) is 10.7 Å². The predicted molar refractivity (Wildman–Crippen MR) is 80.8 cm³/mol. The zero-order valence-corrected chi connectivity index (χ0v) is 13.5. The number of halogens is 3. The molecule has 3 rings (SSSR count). The van der Waals surface area contributed by atoms with Gasteiger partial charge < -0.3 is 14.4 Å². The molecule has 0 unspecified atom stereocenters. The third-order valence-corrected chi connectivity index (χ3v) is 5.00. The molecule has 134 valence electrons. The van der Waals surface area contributed by atoms with Crippen LogP contribution in [0.5, 0.6) is 0 Å². The summed E-state index contributed by atoms with van der Waals surface area (Å²) in [4.78, 5) is 28.5. The van der Waals surface area contributed by atoms with Gasteiger partial charge >= 0.3 is 12.1 Å². The minimum atomic E-state index is -4.66. The highest BCUT2D eigenvalue weighted by Gasteiger charge is 2.53. The van der Waals surface area contributed by atoms with E-state index in [1.807, 2.05) is 0 Å². The summed E-state index contributed by atoms with van der Waals surface area (Å²) < 4.78 is 43.9. The number of carbonyl (C=O) groups is 2. The molecular formula is C15H13F3N2O4S. The molecule has 2 aromatic heterocycles. The highest BCUT2D eigenvalue weighted by molar-refractivity contribution is 7.13. The van der Waals surface area contributed by atoms with Crippen LogP contribution in [0.2, 0.25) is 0 Å². The standard InChI is InChI=1S/C15H13F3N2O4S/c16-15(17,18)11-5-20(4-10(11)14(22)23)12(21)3-9-7-25-13(19-9)8-1-2-24-6-8/h1-2,6-7,10-11H,3-5H2,(H,22,23)/t10-,11-/m1/s1. The Hall–Kier alpha value is -2.36. The first-order chi connectivity index (χ1) is 11.8. The minimum Gasteiger partial charge on any atom is -0.481 e. The summed E-state index contributed by atoms with van der Waals surface area (Å²) in [6, 6.07) is 1.70. The SMILES string of the molecule is O=C(O)[C@@H]1CN(C(=O)Cc2csc(-c3ccoc3)n2)C[C@H]1C(F)(F)F. The third-order valence-electron chi connectivity index (χ3n) is 4.06. The molecule has 0 aromatic carbocycles. The Morgan fingerprint density at radius 3 is 2.72 bits per heavy atom. The van der Waals surface area contributed by atoms with Gasteiger partial charge in [0.05, 0.1) is 30.2 Å². The molecule has 0 spiro atoms. The smallest absolute Gasteiger partial charge is 0.394 e. The number of rotatable bonds is 4. The molecule has 1 amide bonds. The Labute approximate surface area is 143 Å². The van der Waals surface area contributed by atoms with Crippen LogP contribution < -0.4 is 0 Å². The van der Waals surface area contributed by atoms with Gasteiger partial charge in [0.15, 0.2) is 0 Å². The van der Waals surface area contributed by atoms with E-state index in [4.69, 9.17) is 9.52 Å². The number of carboxylic acids is 1. The molecule has 2 atom stereocenters. The Morgan fingerprint density at radius 1 is 1.40 bits per heavy atom. The maximum atomic E-state index is 13.0. The maximum absolute atomic E-state index is 13.0. The molecule has 25 heavy (non-hydrogen) atoms. The van der Waals surface area contributed by atoms with Crippen molar-refractivity contribution in [3.63, 3.8) is 0 Å². The molecule has 1 aliphatic heterocycles. The fraction of sp³-hybridized carbons (Fsp3) is 0.400. The normalized spacial score (nSPS) is 20.8. The lowest BCUT2D eigenvalue weighted by molar-refractivity contribution is -0.188. The molecule has 0 radical (unpaired) electrons. The molecule has 1 N–H and O–H groups in total. The van der Waals surface area contributed by atoms with Crippen LogP contribution >= 0.6 is 11.3 Å². The second-order valence-corrected chi connectivity index (χ2v) is 6.58. The van der Waals surface area contributed by atoms with E-state index < -0.39 is 43.0 Å². The Morgan fingerprint density at radius 2 is 2.16 bits per heavy atom. The number of nitrogens with zero attached hydrogens (tertiary/aromatic N) is 2. The van der Waals surface area contributed by atoms with Gasteiger partial charge in [0, 0.05) is 24.0 Å². The predicted octanol–water partition coefficient (Wildman–Crippen LogP) is 2.67. The van der Waals surface area contributed by atoms with Crippen molar-refractivity contribution >= 4 is 23.2 Å². The summed E-state index contributed by atoms with van der Waals surface area (Å²) in [6.45, 7) is -1.09. The van der Waals surface area contributed by atoms with Crippen molar-refractivity contribution in [3.8, 4) is 10.6 Å². The van der Waals surface area contributed by atoms with Crippen LogP contribution in [0.3, 0.4) is 0 Å². The van der Waals surface area contributed by atoms with Gasteiger partial charge in [-0.2, -0.15) is 13.2 Å². The average Bonchev–Trinajstić information content (AvgIpc) is 3.26. The fourth-order valence-electron chi connectivity index (χ4n) is 2.76. The third kappa shape index (κ3) is 3.68. The van der Waals surface area contributed by atoms with Crippen molar-refractivity contribution in [2.75, 3.05) is 13.1 Å². The number of hydrogen-bond acceptors (Lipinski definition) is 5.